The van der Waals surface area contributed by atoms with Crippen LogP contribution in [-0.2, 0) is 23.9 Å². The highest BCUT2D eigenvalue weighted by Crippen LogP contribution is 2.44. The molecule has 1 unspecified atom stereocenters. The summed E-state index contributed by atoms with van der Waals surface area (Å²) in [4.78, 5) is 31.3. The Balaban J connectivity index is 2.69. The molecule has 0 aliphatic carbocycles. The molecular formula is C20H25ClFNO5. The summed E-state index contributed by atoms with van der Waals surface area (Å²) in [6, 6.07) is 4.06. The molecule has 0 N–H and O–H groups in total. The van der Waals surface area contributed by atoms with E-state index in [4.69, 9.17) is 25.9 Å². The summed E-state index contributed by atoms with van der Waals surface area (Å²) in [5, 5.41) is 1.04. The van der Waals surface area contributed by atoms with Gasteiger partial charge in [0.25, 0.3) is 5.91 Å². The van der Waals surface area contributed by atoms with Crippen molar-refractivity contribution in [3.8, 4) is 0 Å². The maximum Gasteiger partial charge on any atom is 0.316 e. The lowest BCUT2D eigenvalue weighted by molar-refractivity contribution is -0.276. The lowest BCUT2D eigenvalue weighted by Crippen LogP contribution is -2.46. The third-order valence-corrected chi connectivity index (χ3v) is 4.61. The van der Waals surface area contributed by atoms with Crippen molar-refractivity contribution < 1.29 is 28.3 Å². The molecule has 1 aromatic carbocycles. The number of carbonyl (C=O) groups is 2. The molecule has 28 heavy (non-hydrogen) atoms. The molecule has 1 heterocycles. The van der Waals surface area contributed by atoms with Crippen molar-refractivity contribution in [1.82, 2.24) is 5.06 Å². The van der Waals surface area contributed by atoms with E-state index in [2.05, 4.69) is 0 Å². The largest absolute Gasteiger partial charge is 0.427 e. The van der Waals surface area contributed by atoms with Crippen LogP contribution in [0.25, 0.3) is 5.57 Å². The molecule has 0 saturated heterocycles. The van der Waals surface area contributed by atoms with Crippen molar-refractivity contribution in [1.29, 1.82) is 0 Å². The average molecular weight is 414 g/mol. The molecule has 0 fully saturated rings. The van der Waals surface area contributed by atoms with Gasteiger partial charge >= 0.3 is 5.97 Å². The lowest BCUT2D eigenvalue weighted by atomic mass is 9.95. The zero-order valence-corrected chi connectivity index (χ0v) is 17.8. The number of nitrogens with zero attached hydrogens (tertiary/aromatic N) is 1. The minimum atomic E-state index is -1.22. The number of ether oxygens (including phenoxy) is 2. The van der Waals surface area contributed by atoms with E-state index in [1.165, 1.54) is 25.3 Å². The SMILES string of the molecule is COC(C)ON1C(=O)C(c2c(F)cccc2Cl)=C(OC(=O)C(C)(C)C)C1(C)C. The van der Waals surface area contributed by atoms with Crippen molar-refractivity contribution in [3.63, 3.8) is 0 Å². The van der Waals surface area contributed by atoms with Crippen molar-refractivity contribution in [2.45, 2.75) is 53.4 Å². The smallest absolute Gasteiger partial charge is 0.316 e. The van der Waals surface area contributed by atoms with Crippen molar-refractivity contribution >= 4 is 29.1 Å². The Morgan fingerprint density at radius 2 is 1.89 bits per heavy atom. The van der Waals surface area contributed by atoms with Crippen LogP contribution in [0.5, 0.6) is 0 Å². The van der Waals surface area contributed by atoms with Gasteiger partial charge in [-0.1, -0.05) is 17.7 Å². The first-order valence-corrected chi connectivity index (χ1v) is 9.15. The number of hydrogen-bond donors (Lipinski definition) is 0. The van der Waals surface area contributed by atoms with Gasteiger partial charge < -0.3 is 9.47 Å². The van der Waals surface area contributed by atoms with Gasteiger partial charge in [0.05, 0.1) is 16.0 Å². The fourth-order valence-electron chi connectivity index (χ4n) is 2.60. The molecule has 2 rings (SSSR count). The van der Waals surface area contributed by atoms with Gasteiger partial charge in [0.2, 0.25) is 0 Å². The zero-order chi connectivity index (χ0) is 21.4. The third kappa shape index (κ3) is 4.06. The Kier molecular flexibility index (Phi) is 6.23. The van der Waals surface area contributed by atoms with E-state index >= 15 is 0 Å². The van der Waals surface area contributed by atoms with Gasteiger partial charge in [-0.2, -0.15) is 0 Å². The summed E-state index contributed by atoms with van der Waals surface area (Å²) in [7, 11) is 1.42. The highest BCUT2D eigenvalue weighted by molar-refractivity contribution is 6.35. The highest BCUT2D eigenvalue weighted by atomic mass is 35.5. The van der Waals surface area contributed by atoms with Gasteiger partial charge in [-0.3, -0.25) is 9.59 Å². The molecule has 0 saturated carbocycles. The van der Waals surface area contributed by atoms with Crippen molar-refractivity contribution in [2.75, 3.05) is 7.11 Å². The van der Waals surface area contributed by atoms with Crippen LogP contribution in [0.2, 0.25) is 5.02 Å². The molecule has 1 atom stereocenters. The maximum atomic E-state index is 14.6. The Bertz CT molecular complexity index is 808. The maximum absolute atomic E-state index is 14.6. The van der Waals surface area contributed by atoms with Crippen molar-refractivity contribution in [2.24, 2.45) is 5.41 Å². The molecule has 1 aliphatic rings. The molecule has 0 spiro atoms. The average Bonchev–Trinajstić information content (AvgIpc) is 2.75. The van der Waals surface area contributed by atoms with Crippen LogP contribution in [0.4, 0.5) is 4.39 Å². The number of hydroxylamine groups is 2. The molecule has 0 radical (unpaired) electrons. The van der Waals surface area contributed by atoms with Crippen LogP contribution in [0, 0.1) is 11.2 Å². The minimum absolute atomic E-state index is 0.0186. The molecule has 154 valence electrons. The summed E-state index contributed by atoms with van der Waals surface area (Å²) in [6.45, 7) is 9.88. The fraction of sp³-hybridized carbons (Fsp3) is 0.500. The van der Waals surface area contributed by atoms with E-state index in [0.29, 0.717) is 0 Å². The highest BCUT2D eigenvalue weighted by Gasteiger charge is 2.51. The Hall–Kier alpha value is -1.96. The van der Waals surface area contributed by atoms with E-state index < -0.39 is 34.9 Å². The number of amides is 1. The number of methoxy groups -OCH3 is 1. The second kappa shape index (κ2) is 7.81. The fourth-order valence-corrected chi connectivity index (χ4v) is 2.86. The van der Waals surface area contributed by atoms with Gasteiger partial charge in [-0.05, 0) is 53.7 Å². The zero-order valence-electron chi connectivity index (χ0n) is 17.1. The molecule has 0 bridgehead atoms. The molecule has 1 amide bonds. The summed E-state index contributed by atoms with van der Waals surface area (Å²) in [6.07, 6.45) is -0.766. The monoisotopic (exact) mass is 413 g/mol. The van der Waals surface area contributed by atoms with Crippen LogP contribution < -0.4 is 0 Å². The van der Waals surface area contributed by atoms with Gasteiger partial charge in [0.1, 0.15) is 17.1 Å². The first-order chi connectivity index (χ1) is 12.8. The summed E-state index contributed by atoms with van der Waals surface area (Å²) < 4.78 is 25.3. The van der Waals surface area contributed by atoms with E-state index in [1.807, 2.05) is 0 Å². The van der Waals surface area contributed by atoms with E-state index in [1.54, 1.807) is 41.5 Å². The number of hydrogen-bond acceptors (Lipinski definition) is 5. The Morgan fingerprint density at radius 1 is 1.29 bits per heavy atom. The lowest BCUT2D eigenvalue weighted by Gasteiger charge is -2.34. The van der Waals surface area contributed by atoms with Gasteiger partial charge in [0, 0.05) is 12.7 Å². The van der Waals surface area contributed by atoms with Gasteiger partial charge in [-0.25, -0.2) is 14.3 Å². The second-order valence-electron chi connectivity index (χ2n) is 8.01. The number of halogens is 2. The molecular weight excluding hydrogens is 389 g/mol. The number of rotatable bonds is 5. The van der Waals surface area contributed by atoms with E-state index in [0.717, 1.165) is 5.06 Å². The number of carbonyl (C=O) groups excluding carboxylic acids is 2. The molecule has 1 aromatic rings. The van der Waals surface area contributed by atoms with Crippen LogP contribution in [0.3, 0.4) is 0 Å². The van der Waals surface area contributed by atoms with Crippen LogP contribution in [0.1, 0.15) is 47.1 Å². The topological polar surface area (TPSA) is 65.1 Å². The second-order valence-corrected chi connectivity index (χ2v) is 8.41. The Labute approximate surface area is 169 Å². The number of esters is 1. The first-order valence-electron chi connectivity index (χ1n) is 8.78. The van der Waals surface area contributed by atoms with Crippen LogP contribution in [0.15, 0.2) is 24.0 Å². The van der Waals surface area contributed by atoms with Crippen LogP contribution >= 0.6 is 11.6 Å². The van der Waals surface area contributed by atoms with E-state index in [-0.39, 0.29) is 21.9 Å². The molecule has 1 aliphatic heterocycles. The molecule has 8 heteroatoms. The normalized spacial score (nSPS) is 17.9. The number of benzene rings is 1. The van der Waals surface area contributed by atoms with Gasteiger partial charge in [-0.15, -0.1) is 0 Å². The predicted molar refractivity (Wildman–Crippen MR) is 102 cm³/mol. The minimum Gasteiger partial charge on any atom is -0.427 e. The van der Waals surface area contributed by atoms with Crippen LogP contribution in [-0.4, -0.2) is 35.9 Å². The Morgan fingerprint density at radius 3 is 2.39 bits per heavy atom. The third-order valence-electron chi connectivity index (χ3n) is 4.29. The molecule has 6 nitrogen and oxygen atoms in total. The first kappa shape index (κ1) is 22.3. The quantitative estimate of drug-likeness (QED) is 0.531. The standard InChI is InChI=1S/C20H25ClFNO5/c1-11(26-7)28-23-17(24)15(14-12(21)9-8-10-13(14)22)16(20(23,5)6)27-18(25)19(2,3)4/h8-11H,1-7H3. The summed E-state index contributed by atoms with van der Waals surface area (Å²) in [5.41, 5.74) is -2.36. The predicted octanol–water partition coefficient (Wildman–Crippen LogP) is 4.32. The molecule has 0 aromatic heterocycles. The van der Waals surface area contributed by atoms with E-state index in [9.17, 15) is 14.0 Å². The summed E-state index contributed by atoms with van der Waals surface area (Å²) in [5.74, 6) is -2.00. The van der Waals surface area contributed by atoms with Crippen molar-refractivity contribution in [3.05, 3.63) is 40.4 Å². The van der Waals surface area contributed by atoms with Gasteiger partial charge in [0.15, 0.2) is 6.29 Å². The summed E-state index contributed by atoms with van der Waals surface area (Å²) >= 11 is 6.19.